The van der Waals surface area contributed by atoms with Crippen molar-refractivity contribution in [2.45, 2.75) is 12.8 Å². The summed E-state index contributed by atoms with van der Waals surface area (Å²) in [6.07, 6.45) is 3.67. The van der Waals surface area contributed by atoms with Crippen LogP contribution in [-0.4, -0.2) is 4.98 Å². The van der Waals surface area contributed by atoms with Crippen LogP contribution in [0.15, 0.2) is 65.4 Å². The van der Waals surface area contributed by atoms with E-state index < -0.39 is 0 Å². The molecule has 0 bridgehead atoms. The quantitative estimate of drug-likeness (QED) is 0.730. The number of hydrogen-bond acceptors (Lipinski definition) is 1. The molecule has 0 saturated heterocycles. The molecule has 0 amide bonds. The van der Waals surface area contributed by atoms with Crippen molar-refractivity contribution in [1.82, 2.24) is 4.98 Å². The van der Waals surface area contributed by atoms with Crippen LogP contribution in [-0.2, 0) is 0 Å². The highest BCUT2D eigenvalue weighted by atomic mass is 16.3. The first kappa shape index (κ1) is 10.9. The maximum absolute atomic E-state index is 5.58. The third-order valence-electron chi connectivity index (χ3n) is 3.17. The fraction of sp³-hybridized carbons (Fsp3) is 0.125. The molecular weight excluding hydrogens is 222 g/mol. The predicted octanol–water partition coefficient (Wildman–Crippen LogP) is 4.10. The number of hydrogen-bond donors (Lipinski definition) is 1. The summed E-state index contributed by atoms with van der Waals surface area (Å²) in [5.41, 5.74) is 3.65. The minimum absolute atomic E-state index is 0.135. The summed E-state index contributed by atoms with van der Waals surface area (Å²) in [6.45, 7) is 2.10. The number of nitrogens with one attached hydrogen (secondary N) is 1. The van der Waals surface area contributed by atoms with Crippen molar-refractivity contribution in [3.63, 3.8) is 0 Å². The maximum atomic E-state index is 5.58. The molecule has 0 aliphatic heterocycles. The van der Waals surface area contributed by atoms with Gasteiger partial charge in [-0.1, -0.05) is 29.8 Å². The highest BCUT2D eigenvalue weighted by Gasteiger charge is 2.19. The van der Waals surface area contributed by atoms with Crippen molar-refractivity contribution in [1.29, 1.82) is 0 Å². The van der Waals surface area contributed by atoms with Crippen LogP contribution in [0, 0.1) is 6.92 Å². The fourth-order valence-electron chi connectivity index (χ4n) is 2.24. The van der Waals surface area contributed by atoms with E-state index in [4.69, 9.17) is 4.42 Å². The zero-order valence-corrected chi connectivity index (χ0v) is 10.3. The summed E-state index contributed by atoms with van der Waals surface area (Å²) in [6, 6.07) is 16.6. The number of benzene rings is 1. The SMILES string of the molecule is Cc1ccc(C(c2ccc[nH]2)c2ccco2)cc1. The van der Waals surface area contributed by atoms with E-state index >= 15 is 0 Å². The summed E-state index contributed by atoms with van der Waals surface area (Å²) in [5.74, 6) is 1.09. The van der Waals surface area contributed by atoms with Crippen LogP contribution in [0.1, 0.15) is 28.5 Å². The average molecular weight is 237 g/mol. The number of aromatic amines is 1. The van der Waals surface area contributed by atoms with E-state index in [2.05, 4.69) is 42.2 Å². The van der Waals surface area contributed by atoms with Gasteiger partial charge >= 0.3 is 0 Å². The van der Waals surface area contributed by atoms with E-state index in [0.717, 1.165) is 11.5 Å². The molecule has 1 N–H and O–H groups in total. The second kappa shape index (κ2) is 4.57. The van der Waals surface area contributed by atoms with E-state index in [1.165, 1.54) is 11.1 Å². The zero-order chi connectivity index (χ0) is 12.4. The normalized spacial score (nSPS) is 12.5. The molecule has 1 atom stereocenters. The lowest BCUT2D eigenvalue weighted by atomic mass is 9.93. The molecule has 1 unspecified atom stereocenters. The van der Waals surface area contributed by atoms with Gasteiger partial charge in [-0.3, -0.25) is 0 Å². The van der Waals surface area contributed by atoms with Gasteiger partial charge in [0, 0.05) is 11.9 Å². The van der Waals surface area contributed by atoms with Gasteiger partial charge in [0.05, 0.1) is 12.2 Å². The minimum atomic E-state index is 0.135. The first-order valence-electron chi connectivity index (χ1n) is 6.08. The van der Waals surface area contributed by atoms with Gasteiger partial charge in [0.1, 0.15) is 5.76 Å². The van der Waals surface area contributed by atoms with Gasteiger partial charge in [0.15, 0.2) is 0 Å². The molecule has 2 nitrogen and oxygen atoms in total. The van der Waals surface area contributed by atoms with Gasteiger partial charge in [-0.25, -0.2) is 0 Å². The summed E-state index contributed by atoms with van der Waals surface area (Å²) in [7, 11) is 0. The minimum Gasteiger partial charge on any atom is -0.468 e. The van der Waals surface area contributed by atoms with Crippen LogP contribution < -0.4 is 0 Å². The Morgan fingerprint density at radius 3 is 2.44 bits per heavy atom. The molecule has 2 heteroatoms. The summed E-state index contributed by atoms with van der Waals surface area (Å²) in [4.78, 5) is 3.28. The monoisotopic (exact) mass is 237 g/mol. The molecule has 0 aliphatic rings. The van der Waals surface area contributed by atoms with Crippen molar-refractivity contribution in [3.05, 3.63) is 83.6 Å². The molecular formula is C16H15NO. The Labute approximate surface area is 106 Å². The first-order valence-corrected chi connectivity index (χ1v) is 6.08. The molecule has 0 aliphatic carbocycles. The lowest BCUT2D eigenvalue weighted by molar-refractivity contribution is 0.501. The van der Waals surface area contributed by atoms with Gasteiger partial charge in [0.25, 0.3) is 0 Å². The van der Waals surface area contributed by atoms with Crippen molar-refractivity contribution < 1.29 is 4.42 Å². The summed E-state index contributed by atoms with van der Waals surface area (Å²) >= 11 is 0. The second-order valence-electron chi connectivity index (χ2n) is 4.48. The molecule has 90 valence electrons. The Morgan fingerprint density at radius 1 is 1.00 bits per heavy atom. The van der Waals surface area contributed by atoms with Gasteiger partial charge in [-0.15, -0.1) is 0 Å². The summed E-state index contributed by atoms with van der Waals surface area (Å²) in [5, 5.41) is 0. The summed E-state index contributed by atoms with van der Waals surface area (Å²) < 4.78 is 5.58. The Kier molecular flexibility index (Phi) is 2.77. The van der Waals surface area contributed by atoms with Gasteiger partial charge in [-0.2, -0.15) is 0 Å². The number of rotatable bonds is 3. The van der Waals surface area contributed by atoms with Crippen LogP contribution >= 0.6 is 0 Å². The molecule has 0 spiro atoms. The van der Waals surface area contributed by atoms with Crippen LogP contribution in [0.25, 0.3) is 0 Å². The van der Waals surface area contributed by atoms with Gasteiger partial charge < -0.3 is 9.40 Å². The van der Waals surface area contributed by atoms with Crippen LogP contribution in [0.2, 0.25) is 0 Å². The lowest BCUT2D eigenvalue weighted by Crippen LogP contribution is -2.02. The molecule has 0 saturated carbocycles. The van der Waals surface area contributed by atoms with E-state index in [1.807, 2.05) is 24.4 Å². The molecule has 2 heterocycles. The Hall–Kier alpha value is -2.22. The Bertz CT molecular complexity index is 557. The van der Waals surface area contributed by atoms with E-state index in [9.17, 15) is 0 Å². The molecule has 0 fully saturated rings. The topological polar surface area (TPSA) is 28.9 Å². The number of aryl methyl sites for hydroxylation is 1. The number of H-pyrrole nitrogens is 1. The molecule has 18 heavy (non-hydrogen) atoms. The Balaban J connectivity index is 2.08. The first-order chi connectivity index (χ1) is 8.84. The number of furan rings is 1. The third-order valence-corrected chi connectivity index (χ3v) is 3.17. The van der Waals surface area contributed by atoms with E-state index in [-0.39, 0.29) is 5.92 Å². The third kappa shape index (κ3) is 1.97. The van der Waals surface area contributed by atoms with Gasteiger partial charge in [-0.05, 0) is 36.8 Å². The van der Waals surface area contributed by atoms with Gasteiger partial charge in [0.2, 0.25) is 0 Å². The van der Waals surface area contributed by atoms with Crippen molar-refractivity contribution in [2.24, 2.45) is 0 Å². The van der Waals surface area contributed by atoms with Crippen LogP contribution in [0.5, 0.6) is 0 Å². The van der Waals surface area contributed by atoms with E-state index in [1.54, 1.807) is 6.26 Å². The largest absolute Gasteiger partial charge is 0.468 e. The standard InChI is InChI=1S/C16H15NO/c1-12-6-8-13(9-7-12)16(14-4-2-10-17-14)15-5-3-11-18-15/h2-11,16-17H,1H3. The molecule has 1 aromatic carbocycles. The fourth-order valence-corrected chi connectivity index (χ4v) is 2.24. The molecule has 0 radical (unpaired) electrons. The smallest absolute Gasteiger partial charge is 0.117 e. The molecule has 3 rings (SSSR count). The molecule has 3 aromatic rings. The maximum Gasteiger partial charge on any atom is 0.117 e. The predicted molar refractivity (Wildman–Crippen MR) is 71.6 cm³/mol. The average Bonchev–Trinajstić information content (AvgIpc) is 3.06. The number of aromatic nitrogens is 1. The van der Waals surface area contributed by atoms with Crippen LogP contribution in [0.4, 0.5) is 0 Å². The second-order valence-corrected chi connectivity index (χ2v) is 4.48. The molecule has 2 aromatic heterocycles. The highest BCUT2D eigenvalue weighted by Crippen LogP contribution is 2.31. The lowest BCUT2D eigenvalue weighted by Gasteiger charge is -2.14. The van der Waals surface area contributed by atoms with Crippen LogP contribution in [0.3, 0.4) is 0 Å². The van der Waals surface area contributed by atoms with E-state index in [0.29, 0.717) is 0 Å². The zero-order valence-electron chi connectivity index (χ0n) is 10.3. The van der Waals surface area contributed by atoms with Crippen molar-refractivity contribution in [3.8, 4) is 0 Å². The highest BCUT2D eigenvalue weighted by molar-refractivity contribution is 5.37. The Morgan fingerprint density at radius 2 is 1.83 bits per heavy atom. The van der Waals surface area contributed by atoms with Crippen molar-refractivity contribution in [2.75, 3.05) is 0 Å². The van der Waals surface area contributed by atoms with Crippen molar-refractivity contribution >= 4 is 0 Å².